The number of hydrogen-bond donors (Lipinski definition) is 1. The van der Waals surface area contributed by atoms with E-state index in [2.05, 4.69) is 30.6 Å². The van der Waals surface area contributed by atoms with Gasteiger partial charge in [0.15, 0.2) is 0 Å². The van der Waals surface area contributed by atoms with Gasteiger partial charge in [0.2, 0.25) is 0 Å². The number of ether oxygens (including phenoxy) is 1. The average molecular weight is 489 g/mol. The van der Waals surface area contributed by atoms with E-state index in [0.717, 1.165) is 0 Å². The lowest BCUT2D eigenvalue weighted by Crippen LogP contribution is -2.61. The highest BCUT2D eigenvalue weighted by atomic mass is 79.9. The Kier molecular flexibility index (Phi) is 5.35. The first-order chi connectivity index (χ1) is 13.2. The molecule has 2 aliphatic heterocycles. The van der Waals surface area contributed by atoms with Crippen molar-refractivity contribution < 1.29 is 18.1 Å². The largest absolute Gasteiger partial charge is 0.444 e. The summed E-state index contributed by atoms with van der Waals surface area (Å²) in [6.45, 7) is 10.8. The van der Waals surface area contributed by atoms with E-state index in [1.54, 1.807) is 41.5 Å². The third-order valence-corrected chi connectivity index (χ3v) is 9.37. The van der Waals surface area contributed by atoms with E-state index in [-0.39, 0.29) is 11.5 Å². The zero-order valence-electron chi connectivity index (χ0n) is 17.4. The van der Waals surface area contributed by atoms with Crippen molar-refractivity contribution in [2.75, 3.05) is 6.54 Å². The van der Waals surface area contributed by atoms with Crippen LogP contribution in [0.1, 0.15) is 53.7 Å². The summed E-state index contributed by atoms with van der Waals surface area (Å²) < 4.78 is 38.1. The quantitative estimate of drug-likeness (QED) is 0.600. The highest BCUT2D eigenvalue weighted by Gasteiger charge is 2.58. The van der Waals surface area contributed by atoms with Crippen molar-refractivity contribution in [2.45, 2.75) is 69.1 Å². The second-order valence-corrected chi connectivity index (χ2v) is 12.7. The number of amidine groups is 1. The van der Waals surface area contributed by atoms with Crippen LogP contribution in [-0.4, -0.2) is 43.3 Å². The summed E-state index contributed by atoms with van der Waals surface area (Å²) in [5.41, 5.74) is -1.90. The number of halogens is 2. The molecule has 7 nitrogen and oxygen atoms in total. The molecule has 0 radical (unpaired) electrons. The molecule has 2 aliphatic rings. The number of carbonyl (C=O) groups is 1. The van der Waals surface area contributed by atoms with Gasteiger partial charge in [-0.1, -0.05) is 0 Å². The number of hydrogen-bond acceptors (Lipinski definition) is 6. The summed E-state index contributed by atoms with van der Waals surface area (Å²) in [6, 6.07) is 2.79. The van der Waals surface area contributed by atoms with Gasteiger partial charge in [-0.3, -0.25) is 10.3 Å². The molecule has 0 aliphatic carbocycles. The zero-order chi connectivity index (χ0) is 21.8. The lowest BCUT2D eigenvalue weighted by Gasteiger charge is -2.44. The number of aromatic nitrogens is 1. The van der Waals surface area contributed by atoms with Crippen molar-refractivity contribution in [2.24, 2.45) is 9.36 Å². The Morgan fingerprint density at radius 3 is 2.62 bits per heavy atom. The van der Waals surface area contributed by atoms with Crippen molar-refractivity contribution in [1.29, 1.82) is 0 Å². The summed E-state index contributed by atoms with van der Waals surface area (Å²) in [5, 5.41) is 2.11. The molecule has 3 rings (SSSR count). The fourth-order valence-corrected chi connectivity index (χ4v) is 7.28. The normalized spacial score (nSPS) is 30.8. The molecule has 160 valence electrons. The van der Waals surface area contributed by atoms with Crippen molar-refractivity contribution in [3.8, 4) is 0 Å². The highest BCUT2D eigenvalue weighted by Crippen LogP contribution is 2.47. The van der Waals surface area contributed by atoms with Gasteiger partial charge in [-0.2, -0.15) is 0 Å². The highest BCUT2D eigenvalue weighted by molar-refractivity contribution is 9.10. The first-order valence-corrected chi connectivity index (χ1v) is 11.7. The molecule has 29 heavy (non-hydrogen) atoms. The number of carbonyl (C=O) groups excluding carboxylic acids is 1. The van der Waals surface area contributed by atoms with Crippen LogP contribution in [0.2, 0.25) is 0 Å². The van der Waals surface area contributed by atoms with Gasteiger partial charge in [0, 0.05) is 6.54 Å². The van der Waals surface area contributed by atoms with Crippen LogP contribution in [0.4, 0.5) is 9.18 Å². The van der Waals surface area contributed by atoms with Gasteiger partial charge in [0.1, 0.15) is 37.8 Å². The van der Waals surface area contributed by atoms with Crippen molar-refractivity contribution in [3.63, 3.8) is 0 Å². The maximum atomic E-state index is 14.8. The third-order valence-electron chi connectivity index (χ3n) is 5.24. The Morgan fingerprint density at radius 2 is 2.00 bits per heavy atom. The average Bonchev–Trinajstić information content (AvgIpc) is 2.98. The standard InChI is InChI=1S/C19H26BrFN4O3S/c1-17(2,3)28-16(26)24-15-18(4,5)29(27)12(9-10-22-29)19(6,25-15)14-11(21)7-8-13(20)23-14/h7-8,12H,9-10H2,1-6H3,(H,24,25,26)/t12-,19-,29+/m0/s1. The molecule has 1 amide bonds. The van der Waals surface area contributed by atoms with Crippen LogP contribution < -0.4 is 5.32 Å². The van der Waals surface area contributed by atoms with Gasteiger partial charge in [-0.05, 0) is 76.0 Å². The topological polar surface area (TPSA) is 93.0 Å². The number of amides is 1. The van der Waals surface area contributed by atoms with Crippen LogP contribution in [0, 0.1) is 5.82 Å². The molecule has 10 heteroatoms. The van der Waals surface area contributed by atoms with Gasteiger partial charge >= 0.3 is 6.09 Å². The minimum absolute atomic E-state index is 0.0701. The summed E-state index contributed by atoms with van der Waals surface area (Å²) >= 11 is 3.27. The molecule has 0 unspecified atom stereocenters. The smallest absolute Gasteiger partial charge is 0.413 e. The molecule has 1 aromatic rings. The number of aliphatic imine (C=N–C) groups is 1. The first kappa shape index (κ1) is 22.1. The van der Waals surface area contributed by atoms with Crippen LogP contribution in [0.25, 0.3) is 0 Å². The zero-order valence-corrected chi connectivity index (χ0v) is 19.8. The number of fused-ring (bicyclic) bond motifs is 1. The number of alkyl carbamates (subject to hydrolysis) is 1. The van der Waals surface area contributed by atoms with Crippen LogP contribution in [-0.2, 0) is 20.0 Å². The molecule has 3 atom stereocenters. The van der Waals surface area contributed by atoms with Crippen LogP contribution in [0.5, 0.6) is 0 Å². The van der Waals surface area contributed by atoms with E-state index in [9.17, 15) is 13.4 Å². The third kappa shape index (κ3) is 3.69. The van der Waals surface area contributed by atoms with E-state index in [4.69, 9.17) is 9.73 Å². The first-order valence-electron chi connectivity index (χ1n) is 9.35. The predicted molar refractivity (Wildman–Crippen MR) is 114 cm³/mol. The number of nitrogens with zero attached hydrogens (tertiary/aromatic N) is 3. The van der Waals surface area contributed by atoms with Crippen LogP contribution >= 0.6 is 15.9 Å². The number of nitrogens with one attached hydrogen (secondary N) is 1. The predicted octanol–water partition coefficient (Wildman–Crippen LogP) is 4.15. The summed E-state index contributed by atoms with van der Waals surface area (Å²) in [7, 11) is -2.90. The van der Waals surface area contributed by atoms with E-state index < -0.39 is 42.8 Å². The number of rotatable bonds is 1. The lowest BCUT2D eigenvalue weighted by molar-refractivity contribution is 0.0560. The van der Waals surface area contributed by atoms with Gasteiger partial charge in [0.25, 0.3) is 0 Å². The molecule has 3 heterocycles. The minimum atomic E-state index is -2.90. The van der Waals surface area contributed by atoms with Gasteiger partial charge < -0.3 is 4.74 Å². The molecule has 1 N–H and O–H groups in total. The summed E-state index contributed by atoms with van der Waals surface area (Å²) in [4.78, 5) is 21.5. The molecule has 0 fully saturated rings. The second kappa shape index (κ2) is 7.01. The molecule has 0 spiro atoms. The van der Waals surface area contributed by atoms with E-state index >= 15 is 0 Å². The van der Waals surface area contributed by atoms with Crippen LogP contribution in [0.3, 0.4) is 0 Å². The fourth-order valence-electron chi connectivity index (χ4n) is 3.80. The monoisotopic (exact) mass is 488 g/mol. The van der Waals surface area contributed by atoms with E-state index in [0.29, 0.717) is 17.6 Å². The second-order valence-electron chi connectivity index (χ2n) is 8.91. The molecule has 0 bridgehead atoms. The minimum Gasteiger partial charge on any atom is -0.444 e. The van der Waals surface area contributed by atoms with Gasteiger partial charge in [0.05, 0.1) is 15.0 Å². The van der Waals surface area contributed by atoms with Gasteiger partial charge in [-0.15, -0.1) is 0 Å². The Labute approximate surface area is 179 Å². The van der Waals surface area contributed by atoms with Crippen molar-refractivity contribution >= 4 is 37.6 Å². The lowest BCUT2D eigenvalue weighted by atomic mass is 9.90. The Hall–Kier alpha value is -1.55. The van der Waals surface area contributed by atoms with E-state index in [1.165, 1.54) is 12.1 Å². The van der Waals surface area contributed by atoms with Crippen molar-refractivity contribution in [3.05, 3.63) is 28.2 Å². The maximum Gasteiger partial charge on any atom is 0.413 e. The van der Waals surface area contributed by atoms with Crippen LogP contribution in [0.15, 0.2) is 26.1 Å². The van der Waals surface area contributed by atoms with Gasteiger partial charge in [-0.25, -0.2) is 22.7 Å². The molecule has 1 aromatic heterocycles. The molecule has 0 aromatic carbocycles. The maximum absolute atomic E-state index is 14.8. The number of pyridine rings is 1. The van der Waals surface area contributed by atoms with Crippen molar-refractivity contribution in [1.82, 2.24) is 10.3 Å². The Morgan fingerprint density at radius 1 is 1.34 bits per heavy atom. The molecule has 0 saturated heterocycles. The SMILES string of the molecule is CC(C)(C)OC(=O)NC1=N[C@](C)(c2nc(Br)ccc2F)[C@@H]2CCN=[S@]2(=O)C1(C)C. The summed E-state index contributed by atoms with van der Waals surface area (Å²) in [6.07, 6.45) is -0.218. The fraction of sp³-hybridized carbons (Fsp3) is 0.632. The Balaban J connectivity index is 2.18. The Bertz CT molecular complexity index is 1010. The molecule has 0 saturated carbocycles. The summed E-state index contributed by atoms with van der Waals surface area (Å²) in [5.74, 6) is -0.397. The van der Waals surface area contributed by atoms with E-state index in [1.807, 2.05) is 0 Å². The molecular formula is C19H26BrFN4O3S. The molecular weight excluding hydrogens is 463 g/mol.